The van der Waals surface area contributed by atoms with Gasteiger partial charge in [0.1, 0.15) is 0 Å². The molecule has 2 aliphatic heterocycles. The molecule has 1 N–H and O–H groups in total. The summed E-state index contributed by atoms with van der Waals surface area (Å²) >= 11 is 2.15. The Morgan fingerprint density at radius 1 is 1.00 bits per heavy atom. The van der Waals surface area contributed by atoms with E-state index in [4.69, 9.17) is 0 Å². The molecule has 0 radical (unpaired) electrons. The third kappa shape index (κ3) is 1.33. The van der Waals surface area contributed by atoms with Crippen LogP contribution in [0.15, 0.2) is 0 Å². The molecule has 0 amide bonds. The van der Waals surface area contributed by atoms with Gasteiger partial charge in [0, 0.05) is 10.5 Å². The van der Waals surface area contributed by atoms with E-state index in [1.807, 2.05) is 0 Å². The first-order valence-corrected chi connectivity index (χ1v) is 6.58. The predicted octanol–water partition coefficient (Wildman–Crippen LogP) is 2.58. The Kier molecular flexibility index (Phi) is 1.92. The second-order valence-electron chi connectivity index (χ2n) is 5.10. The molecular formula is C11H18OS. The van der Waals surface area contributed by atoms with Gasteiger partial charge in [0.15, 0.2) is 0 Å². The van der Waals surface area contributed by atoms with Crippen molar-refractivity contribution in [2.75, 3.05) is 0 Å². The summed E-state index contributed by atoms with van der Waals surface area (Å²) in [5.74, 6) is 0.663. The van der Waals surface area contributed by atoms with Gasteiger partial charge in [-0.1, -0.05) is 6.42 Å². The zero-order valence-electron chi connectivity index (χ0n) is 8.04. The van der Waals surface area contributed by atoms with Gasteiger partial charge in [-0.2, -0.15) is 11.8 Å². The quantitative estimate of drug-likeness (QED) is 0.699. The molecule has 0 spiro atoms. The number of hydrogen-bond donors (Lipinski definition) is 1. The highest BCUT2D eigenvalue weighted by molar-refractivity contribution is 8.00. The van der Waals surface area contributed by atoms with Gasteiger partial charge in [-0.15, -0.1) is 0 Å². The first-order chi connectivity index (χ1) is 6.26. The number of rotatable bonds is 1. The van der Waals surface area contributed by atoms with Crippen molar-refractivity contribution < 1.29 is 5.11 Å². The lowest BCUT2D eigenvalue weighted by Crippen LogP contribution is -2.46. The molecule has 1 saturated carbocycles. The molecule has 0 aromatic heterocycles. The van der Waals surface area contributed by atoms with E-state index in [0.717, 1.165) is 23.3 Å². The van der Waals surface area contributed by atoms with Crippen molar-refractivity contribution in [1.29, 1.82) is 0 Å². The lowest BCUT2D eigenvalue weighted by atomic mass is 9.69. The maximum Gasteiger partial charge on any atom is 0.0696 e. The second-order valence-corrected chi connectivity index (χ2v) is 6.70. The number of aliphatic hydroxyl groups is 1. The minimum Gasteiger partial charge on any atom is -0.390 e. The molecule has 3 aliphatic rings. The third-order valence-electron chi connectivity index (χ3n) is 4.22. The molecule has 1 nitrogen and oxygen atoms in total. The molecule has 2 unspecified atom stereocenters. The highest BCUT2D eigenvalue weighted by atomic mass is 32.2. The molecule has 1 aliphatic carbocycles. The van der Waals surface area contributed by atoms with Crippen molar-refractivity contribution in [3.8, 4) is 0 Å². The number of hydrogen-bond acceptors (Lipinski definition) is 2. The van der Waals surface area contributed by atoms with E-state index < -0.39 is 0 Å². The van der Waals surface area contributed by atoms with Crippen molar-refractivity contribution in [3.63, 3.8) is 0 Å². The van der Waals surface area contributed by atoms with Crippen molar-refractivity contribution in [2.45, 2.75) is 61.0 Å². The van der Waals surface area contributed by atoms with Crippen LogP contribution >= 0.6 is 11.8 Å². The van der Waals surface area contributed by atoms with Gasteiger partial charge >= 0.3 is 0 Å². The number of thioether (sulfide) groups is 1. The Labute approximate surface area is 84.3 Å². The van der Waals surface area contributed by atoms with E-state index in [9.17, 15) is 5.11 Å². The maximum atomic E-state index is 10.6. The fraction of sp³-hybridized carbons (Fsp3) is 1.00. The Morgan fingerprint density at radius 3 is 2.08 bits per heavy atom. The van der Waals surface area contributed by atoms with Crippen LogP contribution in [0.25, 0.3) is 0 Å². The molecule has 3 fully saturated rings. The van der Waals surface area contributed by atoms with Crippen LogP contribution in [0.1, 0.15) is 44.9 Å². The third-order valence-corrected chi connectivity index (χ3v) is 5.80. The van der Waals surface area contributed by atoms with Crippen LogP contribution in [-0.4, -0.2) is 21.2 Å². The summed E-state index contributed by atoms with van der Waals surface area (Å²) in [4.78, 5) is 0. The topological polar surface area (TPSA) is 20.2 Å². The monoisotopic (exact) mass is 198 g/mol. The van der Waals surface area contributed by atoms with E-state index >= 15 is 0 Å². The lowest BCUT2D eigenvalue weighted by molar-refractivity contribution is -0.0623. The summed E-state index contributed by atoms with van der Waals surface area (Å²) in [6, 6.07) is 0. The molecule has 2 heterocycles. The Balaban J connectivity index is 1.76. The summed E-state index contributed by atoms with van der Waals surface area (Å²) < 4.78 is 0. The summed E-state index contributed by atoms with van der Waals surface area (Å²) in [5, 5.41) is 12.1. The molecule has 2 atom stereocenters. The summed E-state index contributed by atoms with van der Waals surface area (Å²) in [6.45, 7) is 0. The van der Waals surface area contributed by atoms with Gasteiger partial charge < -0.3 is 5.11 Å². The lowest BCUT2D eigenvalue weighted by Gasteiger charge is -2.46. The highest BCUT2D eigenvalue weighted by Gasteiger charge is 2.48. The van der Waals surface area contributed by atoms with Crippen LogP contribution in [0.3, 0.4) is 0 Å². The molecule has 2 heteroatoms. The number of fused-ring (bicyclic) bond motifs is 2. The van der Waals surface area contributed by atoms with Crippen molar-refractivity contribution >= 4 is 11.8 Å². The Morgan fingerprint density at radius 2 is 1.62 bits per heavy atom. The molecule has 2 saturated heterocycles. The SMILES string of the molecule is OC1(C2CCC2)CC2CCC(C1)S2. The summed E-state index contributed by atoms with van der Waals surface area (Å²) in [7, 11) is 0. The highest BCUT2D eigenvalue weighted by Crippen LogP contribution is 2.53. The molecule has 74 valence electrons. The zero-order chi connectivity index (χ0) is 8.89. The van der Waals surface area contributed by atoms with Gasteiger partial charge in [-0.05, 0) is 44.4 Å². The summed E-state index contributed by atoms with van der Waals surface area (Å²) in [6.07, 6.45) is 8.86. The predicted molar refractivity (Wildman–Crippen MR) is 55.9 cm³/mol. The van der Waals surface area contributed by atoms with Crippen LogP contribution < -0.4 is 0 Å². The van der Waals surface area contributed by atoms with E-state index in [1.165, 1.54) is 32.1 Å². The molecule has 3 rings (SSSR count). The van der Waals surface area contributed by atoms with E-state index in [1.54, 1.807) is 0 Å². The van der Waals surface area contributed by atoms with Crippen LogP contribution in [0, 0.1) is 5.92 Å². The normalized spacial score (nSPS) is 50.5. The van der Waals surface area contributed by atoms with Crippen LogP contribution in [-0.2, 0) is 0 Å². The smallest absolute Gasteiger partial charge is 0.0696 e. The van der Waals surface area contributed by atoms with E-state index in [0.29, 0.717) is 5.92 Å². The molecular weight excluding hydrogens is 180 g/mol. The van der Waals surface area contributed by atoms with E-state index in [-0.39, 0.29) is 5.60 Å². The van der Waals surface area contributed by atoms with Crippen LogP contribution in [0.5, 0.6) is 0 Å². The standard InChI is InChI=1S/C11H18OS/c12-11(8-2-1-3-8)6-9-4-5-10(7-11)13-9/h8-10,12H,1-7H2. The van der Waals surface area contributed by atoms with Gasteiger partial charge in [-0.3, -0.25) is 0 Å². The fourth-order valence-electron chi connectivity index (χ4n) is 3.23. The van der Waals surface area contributed by atoms with Crippen molar-refractivity contribution in [2.24, 2.45) is 5.92 Å². The first kappa shape index (κ1) is 8.60. The van der Waals surface area contributed by atoms with Crippen molar-refractivity contribution in [3.05, 3.63) is 0 Å². The summed E-state index contributed by atoms with van der Waals surface area (Å²) in [5.41, 5.74) is -0.241. The van der Waals surface area contributed by atoms with Crippen LogP contribution in [0.4, 0.5) is 0 Å². The minimum absolute atomic E-state index is 0.241. The van der Waals surface area contributed by atoms with E-state index in [2.05, 4.69) is 11.8 Å². The molecule has 13 heavy (non-hydrogen) atoms. The van der Waals surface area contributed by atoms with Gasteiger partial charge in [0.2, 0.25) is 0 Å². The fourth-order valence-corrected chi connectivity index (χ4v) is 5.09. The first-order valence-electron chi connectivity index (χ1n) is 5.64. The van der Waals surface area contributed by atoms with Gasteiger partial charge in [0.05, 0.1) is 5.60 Å². The van der Waals surface area contributed by atoms with Crippen molar-refractivity contribution in [1.82, 2.24) is 0 Å². The van der Waals surface area contributed by atoms with Crippen LogP contribution in [0.2, 0.25) is 0 Å². The molecule has 2 bridgehead atoms. The van der Waals surface area contributed by atoms with Gasteiger partial charge in [-0.25, -0.2) is 0 Å². The second kappa shape index (κ2) is 2.90. The average Bonchev–Trinajstić information content (AvgIpc) is 2.25. The maximum absolute atomic E-state index is 10.6. The molecule has 0 aromatic rings. The minimum atomic E-state index is -0.241. The van der Waals surface area contributed by atoms with Gasteiger partial charge in [0.25, 0.3) is 0 Å². The largest absolute Gasteiger partial charge is 0.390 e. The Bertz CT molecular complexity index is 200. The zero-order valence-corrected chi connectivity index (χ0v) is 8.85. The Hall–Kier alpha value is 0.310. The molecule has 0 aromatic carbocycles. The average molecular weight is 198 g/mol.